The van der Waals surface area contributed by atoms with Crippen LogP contribution in [0, 0.1) is 5.92 Å². The zero-order valence-electron chi connectivity index (χ0n) is 13.8. The molecule has 1 unspecified atom stereocenters. The maximum Gasteiger partial charge on any atom is 0.285 e. The van der Waals surface area contributed by atoms with Crippen LogP contribution in [0.4, 0.5) is 0 Å². The maximum absolute atomic E-state index is 12.2. The molecule has 3 rings (SSSR count). The third-order valence-corrected chi connectivity index (χ3v) is 4.23. The van der Waals surface area contributed by atoms with E-state index in [0.717, 1.165) is 24.4 Å². The third kappa shape index (κ3) is 3.21. The van der Waals surface area contributed by atoms with E-state index < -0.39 is 11.8 Å². The van der Waals surface area contributed by atoms with Crippen molar-refractivity contribution in [2.45, 2.75) is 39.8 Å². The molecule has 1 atom stereocenters. The van der Waals surface area contributed by atoms with E-state index in [1.165, 1.54) is 0 Å². The van der Waals surface area contributed by atoms with Crippen molar-refractivity contribution in [1.29, 1.82) is 0 Å². The van der Waals surface area contributed by atoms with Gasteiger partial charge in [0.15, 0.2) is 0 Å². The van der Waals surface area contributed by atoms with Gasteiger partial charge in [-0.25, -0.2) is 0 Å². The molecule has 2 heterocycles. The molecule has 0 bridgehead atoms. The van der Waals surface area contributed by atoms with Crippen LogP contribution in [0.25, 0.3) is 0 Å². The highest BCUT2D eigenvalue weighted by molar-refractivity contribution is 6.20. The summed E-state index contributed by atoms with van der Waals surface area (Å²) in [6, 6.07) is 6.67. The summed E-state index contributed by atoms with van der Waals surface area (Å²) < 4.78 is 1.76. The van der Waals surface area contributed by atoms with Gasteiger partial charge in [0.2, 0.25) is 0 Å². The average Bonchev–Trinajstić information content (AvgIpc) is 3.15. The molecule has 1 aromatic carbocycles. The summed E-state index contributed by atoms with van der Waals surface area (Å²) in [5.41, 5.74) is 1.30. The summed E-state index contributed by atoms with van der Waals surface area (Å²) in [7, 11) is 0. The Labute approximate surface area is 140 Å². The third-order valence-electron chi connectivity index (χ3n) is 4.23. The first-order chi connectivity index (χ1) is 11.6. The fraction of sp³-hybridized carbons (Fsp3) is 0.412. The Morgan fingerprint density at radius 3 is 2.46 bits per heavy atom. The van der Waals surface area contributed by atoms with Gasteiger partial charge in [-0.15, -0.1) is 10.2 Å². The number of imide groups is 1. The van der Waals surface area contributed by atoms with Crippen molar-refractivity contribution in [3.8, 4) is 0 Å². The fourth-order valence-corrected chi connectivity index (χ4v) is 2.49. The van der Waals surface area contributed by atoms with Gasteiger partial charge < -0.3 is 0 Å². The van der Waals surface area contributed by atoms with Crippen molar-refractivity contribution in [3.63, 3.8) is 0 Å². The molecule has 2 amide bonds. The zero-order chi connectivity index (χ0) is 17.1. The van der Waals surface area contributed by atoms with E-state index in [2.05, 4.69) is 24.2 Å². The standard InChI is InChI=1S/C17H20N4O3/c1-3-12(2)8-9-20-10-13(18-19-20)11-24-21-16(22)14-6-4-5-7-15(14)17(21)23/h4-7,10,12H,3,8-9,11H2,1-2H3. The predicted octanol–water partition coefficient (Wildman–Crippen LogP) is 2.44. The topological polar surface area (TPSA) is 77.3 Å². The first-order valence-corrected chi connectivity index (χ1v) is 8.10. The van der Waals surface area contributed by atoms with Gasteiger partial charge in [-0.05, 0) is 24.5 Å². The lowest BCUT2D eigenvalue weighted by Gasteiger charge is -2.11. The molecule has 0 saturated carbocycles. The van der Waals surface area contributed by atoms with Crippen LogP contribution >= 0.6 is 0 Å². The molecule has 0 aliphatic carbocycles. The molecule has 0 N–H and O–H groups in total. The smallest absolute Gasteiger partial charge is 0.266 e. The Hall–Kier alpha value is -2.54. The van der Waals surface area contributed by atoms with Crippen LogP contribution < -0.4 is 0 Å². The van der Waals surface area contributed by atoms with Gasteiger partial charge in [-0.1, -0.05) is 37.6 Å². The Morgan fingerprint density at radius 2 is 1.83 bits per heavy atom. The number of hydroxylamine groups is 2. The molecule has 0 fully saturated rings. The number of hydrogen-bond acceptors (Lipinski definition) is 5. The minimum absolute atomic E-state index is 0.0226. The van der Waals surface area contributed by atoms with Crippen LogP contribution in [-0.4, -0.2) is 31.9 Å². The molecule has 1 aliphatic heterocycles. The first kappa shape index (κ1) is 16.3. The van der Waals surface area contributed by atoms with Gasteiger partial charge in [0.1, 0.15) is 12.3 Å². The predicted molar refractivity (Wildman–Crippen MR) is 85.8 cm³/mol. The second-order valence-electron chi connectivity index (χ2n) is 6.00. The Morgan fingerprint density at radius 1 is 1.17 bits per heavy atom. The average molecular weight is 328 g/mol. The van der Waals surface area contributed by atoms with E-state index in [1.807, 2.05) is 0 Å². The van der Waals surface area contributed by atoms with E-state index in [4.69, 9.17) is 4.84 Å². The number of aryl methyl sites for hydroxylation is 1. The van der Waals surface area contributed by atoms with E-state index in [9.17, 15) is 9.59 Å². The lowest BCUT2D eigenvalue weighted by atomic mass is 10.1. The highest BCUT2D eigenvalue weighted by atomic mass is 16.7. The molecule has 1 aromatic heterocycles. The summed E-state index contributed by atoms with van der Waals surface area (Å²) in [5, 5.41) is 8.86. The Balaban J connectivity index is 1.58. The molecule has 0 spiro atoms. The number of aromatic nitrogens is 3. The van der Waals surface area contributed by atoms with Crippen molar-refractivity contribution in [3.05, 3.63) is 47.3 Å². The maximum atomic E-state index is 12.2. The minimum Gasteiger partial charge on any atom is -0.266 e. The molecule has 1 aliphatic rings. The number of rotatable bonds is 7. The Kier molecular flexibility index (Phi) is 4.71. The van der Waals surface area contributed by atoms with Crippen molar-refractivity contribution < 1.29 is 14.4 Å². The molecule has 0 radical (unpaired) electrons. The van der Waals surface area contributed by atoms with Gasteiger partial charge in [0, 0.05) is 6.54 Å². The van der Waals surface area contributed by atoms with Crippen LogP contribution in [0.2, 0.25) is 0 Å². The molecule has 126 valence electrons. The minimum atomic E-state index is -0.445. The van der Waals surface area contributed by atoms with Crippen LogP contribution in [0.15, 0.2) is 30.5 Å². The second kappa shape index (κ2) is 6.92. The number of carbonyl (C=O) groups is 2. The van der Waals surface area contributed by atoms with Gasteiger partial charge in [0.25, 0.3) is 11.8 Å². The quantitative estimate of drug-likeness (QED) is 0.730. The molecular formula is C17H20N4O3. The van der Waals surface area contributed by atoms with Gasteiger partial charge in [-0.3, -0.25) is 19.1 Å². The number of fused-ring (bicyclic) bond motifs is 1. The molecule has 0 saturated heterocycles. The molecule has 7 heteroatoms. The number of benzene rings is 1. The summed E-state index contributed by atoms with van der Waals surface area (Å²) in [6.45, 7) is 5.17. The van der Waals surface area contributed by atoms with E-state index >= 15 is 0 Å². The monoisotopic (exact) mass is 328 g/mol. The van der Waals surface area contributed by atoms with Crippen LogP contribution in [0.1, 0.15) is 53.1 Å². The van der Waals surface area contributed by atoms with Crippen LogP contribution in [-0.2, 0) is 18.0 Å². The zero-order valence-corrected chi connectivity index (χ0v) is 13.8. The summed E-state index contributed by atoms with van der Waals surface area (Å²) in [5.74, 6) is -0.258. The van der Waals surface area contributed by atoms with Gasteiger partial charge in [0.05, 0.1) is 17.3 Å². The van der Waals surface area contributed by atoms with Crippen molar-refractivity contribution >= 4 is 11.8 Å². The SMILES string of the molecule is CCC(C)CCn1cc(CON2C(=O)c3ccccc3C2=O)nn1. The molecule has 2 aromatic rings. The second-order valence-corrected chi connectivity index (χ2v) is 6.00. The van der Waals surface area contributed by atoms with Gasteiger partial charge >= 0.3 is 0 Å². The van der Waals surface area contributed by atoms with Crippen molar-refractivity contribution in [1.82, 2.24) is 20.1 Å². The van der Waals surface area contributed by atoms with Crippen LogP contribution in [0.5, 0.6) is 0 Å². The van der Waals surface area contributed by atoms with Crippen LogP contribution in [0.3, 0.4) is 0 Å². The normalized spacial score (nSPS) is 15.0. The fourth-order valence-electron chi connectivity index (χ4n) is 2.49. The molecule has 7 nitrogen and oxygen atoms in total. The highest BCUT2D eigenvalue weighted by Gasteiger charge is 2.36. The van der Waals surface area contributed by atoms with E-state index in [0.29, 0.717) is 22.7 Å². The van der Waals surface area contributed by atoms with Crippen molar-refractivity contribution in [2.75, 3.05) is 0 Å². The van der Waals surface area contributed by atoms with E-state index in [-0.39, 0.29) is 6.61 Å². The van der Waals surface area contributed by atoms with Crippen molar-refractivity contribution in [2.24, 2.45) is 5.92 Å². The molecule has 24 heavy (non-hydrogen) atoms. The summed E-state index contributed by atoms with van der Waals surface area (Å²) in [4.78, 5) is 29.7. The van der Waals surface area contributed by atoms with E-state index in [1.54, 1.807) is 35.1 Å². The number of amides is 2. The lowest BCUT2D eigenvalue weighted by molar-refractivity contribution is -0.102. The Bertz CT molecular complexity index is 721. The van der Waals surface area contributed by atoms with Gasteiger partial charge in [-0.2, -0.15) is 0 Å². The highest BCUT2D eigenvalue weighted by Crippen LogP contribution is 2.23. The lowest BCUT2D eigenvalue weighted by Crippen LogP contribution is -2.29. The molecular weight excluding hydrogens is 308 g/mol. The summed E-state index contributed by atoms with van der Waals surface area (Å²) >= 11 is 0. The number of nitrogens with zero attached hydrogens (tertiary/aromatic N) is 4. The first-order valence-electron chi connectivity index (χ1n) is 8.10. The number of hydrogen-bond donors (Lipinski definition) is 0. The summed E-state index contributed by atoms with van der Waals surface area (Å²) in [6.07, 6.45) is 3.93. The largest absolute Gasteiger partial charge is 0.285 e. The number of carbonyl (C=O) groups excluding carboxylic acids is 2.